The van der Waals surface area contributed by atoms with E-state index in [1.807, 2.05) is 6.92 Å². The second-order valence-electron chi connectivity index (χ2n) is 4.34. The predicted octanol–water partition coefficient (Wildman–Crippen LogP) is 1.34. The molecule has 2 aromatic rings. The number of nitrogens with zero attached hydrogens (tertiary/aromatic N) is 3. The topological polar surface area (TPSA) is 120 Å². The first-order valence-corrected chi connectivity index (χ1v) is 8.52. The molecule has 0 bridgehead atoms. The monoisotopic (exact) mass is 329 g/mol. The van der Waals surface area contributed by atoms with Gasteiger partial charge in [-0.2, -0.15) is 5.10 Å². The molecule has 10 heteroatoms. The van der Waals surface area contributed by atoms with Gasteiger partial charge < -0.3 is 5.73 Å². The highest BCUT2D eigenvalue weighted by Crippen LogP contribution is 2.23. The quantitative estimate of drug-likeness (QED) is 0.772. The van der Waals surface area contributed by atoms with Crippen molar-refractivity contribution in [2.45, 2.75) is 31.7 Å². The lowest BCUT2D eigenvalue weighted by molar-refractivity contribution is 0.101. The van der Waals surface area contributed by atoms with Crippen molar-refractivity contribution in [3.63, 3.8) is 0 Å². The number of hydrogen-bond donors (Lipinski definition) is 2. The largest absolute Gasteiger partial charge is 0.381 e. The van der Waals surface area contributed by atoms with Gasteiger partial charge in [0.15, 0.2) is 16.7 Å². The lowest BCUT2D eigenvalue weighted by Gasteiger charge is -2.02. The molecular weight excluding hydrogens is 314 g/mol. The molecule has 3 N–H and O–H groups in total. The fourth-order valence-corrected chi connectivity index (χ4v) is 3.70. The van der Waals surface area contributed by atoms with Crippen LogP contribution in [-0.4, -0.2) is 29.0 Å². The molecule has 0 amide bonds. The number of anilines is 2. The van der Waals surface area contributed by atoms with Crippen molar-refractivity contribution in [1.82, 2.24) is 14.8 Å². The number of nitrogens with two attached hydrogens (primary N) is 1. The van der Waals surface area contributed by atoms with Crippen LogP contribution in [0.1, 0.15) is 30.8 Å². The molecule has 0 unspecified atom stereocenters. The predicted molar refractivity (Wildman–Crippen MR) is 79.9 cm³/mol. The van der Waals surface area contributed by atoms with E-state index in [0.717, 1.165) is 17.8 Å². The van der Waals surface area contributed by atoms with Gasteiger partial charge in [-0.3, -0.25) is 14.2 Å². The molecular formula is C11H15N5O3S2. The standard InChI is InChI=1S/C11H15N5O3S2/c1-3-4-16-5-9(10(12)14-16)21(18,19)15-11-13-8(6-20-11)7(2)17/h5-6H,3-4H2,1-2H3,(H2,12,14)(H,13,15). The maximum atomic E-state index is 12.3. The van der Waals surface area contributed by atoms with Gasteiger partial charge in [-0.25, -0.2) is 13.4 Å². The van der Waals surface area contributed by atoms with Crippen molar-refractivity contribution in [2.75, 3.05) is 10.5 Å². The van der Waals surface area contributed by atoms with Crippen LogP contribution in [-0.2, 0) is 16.6 Å². The van der Waals surface area contributed by atoms with Gasteiger partial charge in [0, 0.05) is 25.0 Å². The molecule has 2 rings (SSSR count). The second-order valence-corrected chi connectivity index (χ2v) is 6.85. The Kier molecular flexibility index (Phi) is 4.28. The summed E-state index contributed by atoms with van der Waals surface area (Å²) in [5.74, 6) is -0.300. The van der Waals surface area contributed by atoms with E-state index in [1.54, 1.807) is 0 Å². The molecule has 114 valence electrons. The third-order valence-electron chi connectivity index (χ3n) is 2.58. The van der Waals surface area contributed by atoms with E-state index in [9.17, 15) is 13.2 Å². The number of aromatic nitrogens is 3. The molecule has 0 aliphatic rings. The zero-order chi connectivity index (χ0) is 15.6. The number of hydrogen-bond acceptors (Lipinski definition) is 7. The molecule has 0 fully saturated rings. The molecule has 0 radical (unpaired) electrons. The first-order valence-electron chi connectivity index (χ1n) is 6.15. The molecule has 0 aliphatic heterocycles. The van der Waals surface area contributed by atoms with Crippen LogP contribution in [0.4, 0.5) is 10.9 Å². The fourth-order valence-electron chi connectivity index (χ4n) is 1.62. The van der Waals surface area contributed by atoms with Crippen LogP contribution in [0.25, 0.3) is 0 Å². The summed E-state index contributed by atoms with van der Waals surface area (Å²) in [5, 5.41) is 5.55. The van der Waals surface area contributed by atoms with Crippen molar-refractivity contribution < 1.29 is 13.2 Å². The zero-order valence-corrected chi connectivity index (χ0v) is 13.2. The third kappa shape index (κ3) is 3.39. The number of nitrogens with one attached hydrogen (secondary N) is 1. The smallest absolute Gasteiger partial charge is 0.268 e. The van der Waals surface area contributed by atoms with Gasteiger partial charge >= 0.3 is 0 Å². The fraction of sp³-hybridized carbons (Fsp3) is 0.364. The summed E-state index contributed by atoms with van der Waals surface area (Å²) in [5.41, 5.74) is 5.86. The minimum atomic E-state index is -3.88. The number of nitrogen functional groups attached to an aromatic ring is 1. The molecule has 2 heterocycles. The highest BCUT2D eigenvalue weighted by atomic mass is 32.2. The summed E-state index contributed by atoms with van der Waals surface area (Å²) in [6, 6.07) is 0. The van der Waals surface area contributed by atoms with Gasteiger partial charge in [0.1, 0.15) is 10.6 Å². The summed E-state index contributed by atoms with van der Waals surface area (Å²) >= 11 is 1.03. The Morgan fingerprint density at radius 1 is 1.52 bits per heavy atom. The summed E-state index contributed by atoms with van der Waals surface area (Å²) < 4.78 is 28.3. The number of aryl methyl sites for hydroxylation is 1. The third-order valence-corrected chi connectivity index (χ3v) is 4.83. The van der Waals surface area contributed by atoms with Crippen LogP contribution in [0.3, 0.4) is 0 Å². The van der Waals surface area contributed by atoms with Gasteiger partial charge in [0.25, 0.3) is 10.0 Å². The Morgan fingerprint density at radius 3 is 2.81 bits per heavy atom. The summed E-state index contributed by atoms with van der Waals surface area (Å²) in [7, 11) is -3.88. The van der Waals surface area contributed by atoms with Crippen molar-refractivity contribution >= 4 is 38.1 Å². The number of carbonyl (C=O) groups is 1. The van der Waals surface area contributed by atoms with Crippen molar-refractivity contribution in [2.24, 2.45) is 0 Å². The Bertz CT molecular complexity index is 763. The molecule has 0 atom stereocenters. The van der Waals surface area contributed by atoms with Gasteiger partial charge in [-0.15, -0.1) is 11.3 Å². The highest BCUT2D eigenvalue weighted by molar-refractivity contribution is 7.93. The first kappa shape index (κ1) is 15.4. The second kappa shape index (κ2) is 5.82. The SMILES string of the molecule is CCCn1cc(S(=O)(=O)Nc2nc(C(C)=O)cs2)c(N)n1. The molecule has 0 aliphatic carbocycles. The average molecular weight is 329 g/mol. The molecule has 8 nitrogen and oxygen atoms in total. The van der Waals surface area contributed by atoms with Crippen LogP contribution in [0.5, 0.6) is 0 Å². The van der Waals surface area contributed by atoms with Crippen molar-refractivity contribution in [1.29, 1.82) is 0 Å². The number of rotatable bonds is 6. The maximum Gasteiger partial charge on any atom is 0.268 e. The van der Waals surface area contributed by atoms with E-state index in [4.69, 9.17) is 5.73 Å². The highest BCUT2D eigenvalue weighted by Gasteiger charge is 2.22. The van der Waals surface area contributed by atoms with Crippen LogP contribution >= 0.6 is 11.3 Å². The number of carbonyl (C=O) groups excluding carboxylic acids is 1. The van der Waals surface area contributed by atoms with Gasteiger partial charge in [0.2, 0.25) is 0 Å². The summed E-state index contributed by atoms with van der Waals surface area (Å²) in [6.07, 6.45) is 2.18. The number of Topliss-reactive ketones (excluding diaryl/α,β-unsaturated/α-hetero) is 1. The average Bonchev–Trinajstić information content (AvgIpc) is 2.96. The molecule has 0 saturated carbocycles. The Balaban J connectivity index is 2.27. The van der Waals surface area contributed by atoms with Crippen molar-refractivity contribution in [3.8, 4) is 0 Å². The lowest BCUT2D eigenvalue weighted by Crippen LogP contribution is -2.14. The minimum Gasteiger partial charge on any atom is -0.381 e. The normalized spacial score (nSPS) is 11.5. The van der Waals surface area contributed by atoms with E-state index in [1.165, 1.54) is 23.2 Å². The molecule has 0 spiro atoms. The van der Waals surface area contributed by atoms with E-state index in [-0.39, 0.29) is 27.3 Å². The Morgan fingerprint density at radius 2 is 2.24 bits per heavy atom. The van der Waals surface area contributed by atoms with E-state index < -0.39 is 10.0 Å². The Labute approximate surface area is 126 Å². The van der Waals surface area contributed by atoms with Gasteiger partial charge in [-0.1, -0.05) is 6.92 Å². The van der Waals surface area contributed by atoms with Gasteiger partial charge in [-0.05, 0) is 6.42 Å². The number of thiazole rings is 1. The zero-order valence-electron chi connectivity index (χ0n) is 11.5. The van der Waals surface area contributed by atoms with E-state index in [2.05, 4.69) is 14.8 Å². The maximum absolute atomic E-state index is 12.3. The number of sulfonamides is 1. The summed E-state index contributed by atoms with van der Waals surface area (Å²) in [4.78, 5) is 15.0. The van der Waals surface area contributed by atoms with Crippen molar-refractivity contribution in [3.05, 3.63) is 17.3 Å². The molecule has 21 heavy (non-hydrogen) atoms. The van der Waals surface area contributed by atoms with E-state index >= 15 is 0 Å². The first-order chi connectivity index (χ1) is 9.83. The lowest BCUT2D eigenvalue weighted by atomic mass is 10.4. The van der Waals surface area contributed by atoms with E-state index in [0.29, 0.717) is 6.54 Å². The molecule has 2 aromatic heterocycles. The van der Waals surface area contributed by atoms with Crippen LogP contribution in [0.15, 0.2) is 16.5 Å². The van der Waals surface area contributed by atoms with Crippen LogP contribution in [0, 0.1) is 0 Å². The van der Waals surface area contributed by atoms with Crippen LogP contribution in [0.2, 0.25) is 0 Å². The minimum absolute atomic E-state index is 0.0701. The molecule has 0 saturated heterocycles. The van der Waals surface area contributed by atoms with Gasteiger partial charge in [0.05, 0.1) is 0 Å². The summed E-state index contributed by atoms with van der Waals surface area (Å²) in [6.45, 7) is 3.88. The van der Waals surface area contributed by atoms with Crippen LogP contribution < -0.4 is 10.5 Å². The molecule has 0 aromatic carbocycles. The number of ketones is 1. The Hall–Kier alpha value is -1.94.